The lowest BCUT2D eigenvalue weighted by Gasteiger charge is -2.39. The van der Waals surface area contributed by atoms with Crippen molar-refractivity contribution < 1.29 is 0 Å². The summed E-state index contributed by atoms with van der Waals surface area (Å²) in [4.78, 5) is 4.95. The SMILES string of the molecule is N#Cc1cccc(N2CCN(C3CCCC3)CC2)c1N. The maximum atomic E-state index is 9.07. The van der Waals surface area contributed by atoms with Gasteiger partial charge < -0.3 is 10.6 Å². The van der Waals surface area contributed by atoms with Crippen LogP contribution in [-0.4, -0.2) is 37.1 Å². The van der Waals surface area contributed by atoms with Crippen LogP contribution in [0.25, 0.3) is 0 Å². The molecule has 0 unspecified atom stereocenters. The molecule has 1 aromatic carbocycles. The van der Waals surface area contributed by atoms with Crippen LogP contribution in [-0.2, 0) is 0 Å². The highest BCUT2D eigenvalue weighted by Gasteiger charge is 2.26. The maximum absolute atomic E-state index is 9.07. The molecule has 1 aliphatic carbocycles. The molecule has 3 rings (SSSR count). The van der Waals surface area contributed by atoms with Crippen molar-refractivity contribution in [1.29, 1.82) is 5.26 Å². The summed E-state index contributed by atoms with van der Waals surface area (Å²) in [6.07, 6.45) is 5.52. The van der Waals surface area contributed by atoms with E-state index < -0.39 is 0 Å². The maximum Gasteiger partial charge on any atom is 0.101 e. The van der Waals surface area contributed by atoms with E-state index in [1.165, 1.54) is 25.7 Å². The van der Waals surface area contributed by atoms with Crippen molar-refractivity contribution in [1.82, 2.24) is 4.90 Å². The third kappa shape index (κ3) is 2.46. The number of hydrogen-bond donors (Lipinski definition) is 1. The van der Waals surface area contributed by atoms with Crippen LogP contribution in [0.4, 0.5) is 11.4 Å². The Kier molecular flexibility index (Phi) is 3.79. The average molecular weight is 270 g/mol. The second-order valence-corrected chi connectivity index (χ2v) is 5.81. The van der Waals surface area contributed by atoms with Crippen molar-refractivity contribution in [3.8, 4) is 6.07 Å². The van der Waals surface area contributed by atoms with Crippen LogP contribution < -0.4 is 10.6 Å². The molecule has 2 fully saturated rings. The lowest BCUT2D eigenvalue weighted by Crippen LogP contribution is -2.49. The molecule has 4 nitrogen and oxygen atoms in total. The van der Waals surface area contributed by atoms with Gasteiger partial charge in [-0.25, -0.2) is 0 Å². The number of anilines is 2. The van der Waals surface area contributed by atoms with Crippen molar-refractivity contribution in [2.75, 3.05) is 36.8 Å². The summed E-state index contributed by atoms with van der Waals surface area (Å²) in [6, 6.07) is 8.71. The van der Waals surface area contributed by atoms with Crippen LogP contribution in [0.1, 0.15) is 31.2 Å². The molecule has 20 heavy (non-hydrogen) atoms. The van der Waals surface area contributed by atoms with Gasteiger partial charge >= 0.3 is 0 Å². The van der Waals surface area contributed by atoms with E-state index in [-0.39, 0.29) is 0 Å². The van der Waals surface area contributed by atoms with Crippen molar-refractivity contribution in [3.63, 3.8) is 0 Å². The van der Waals surface area contributed by atoms with Crippen LogP contribution in [0.2, 0.25) is 0 Å². The molecule has 1 saturated carbocycles. The fourth-order valence-corrected chi connectivity index (χ4v) is 3.52. The standard InChI is InChI=1S/C16H22N4/c17-12-13-4-3-7-15(16(13)18)20-10-8-19(9-11-20)14-5-1-2-6-14/h3-4,7,14H,1-2,5-6,8-11,18H2. The van der Waals surface area contributed by atoms with E-state index in [4.69, 9.17) is 11.0 Å². The highest BCUT2D eigenvalue weighted by Crippen LogP contribution is 2.29. The van der Waals surface area contributed by atoms with Gasteiger partial charge in [-0.1, -0.05) is 18.9 Å². The zero-order valence-electron chi connectivity index (χ0n) is 11.9. The van der Waals surface area contributed by atoms with E-state index in [9.17, 15) is 0 Å². The number of rotatable bonds is 2. The number of nitriles is 1. The smallest absolute Gasteiger partial charge is 0.101 e. The van der Waals surface area contributed by atoms with Gasteiger partial charge in [-0.15, -0.1) is 0 Å². The zero-order valence-corrected chi connectivity index (χ0v) is 11.9. The number of nitrogens with zero attached hydrogens (tertiary/aromatic N) is 3. The van der Waals surface area contributed by atoms with E-state index >= 15 is 0 Å². The second-order valence-electron chi connectivity index (χ2n) is 5.81. The van der Waals surface area contributed by atoms with Crippen molar-refractivity contribution >= 4 is 11.4 Å². The van der Waals surface area contributed by atoms with E-state index in [0.29, 0.717) is 11.3 Å². The fourth-order valence-electron chi connectivity index (χ4n) is 3.52. The third-order valence-corrected chi connectivity index (χ3v) is 4.70. The van der Waals surface area contributed by atoms with E-state index in [1.807, 2.05) is 12.1 Å². The topological polar surface area (TPSA) is 56.3 Å². The average Bonchev–Trinajstić information content (AvgIpc) is 3.02. The minimum atomic E-state index is 0.584. The number of nitrogens with two attached hydrogens (primary N) is 1. The largest absolute Gasteiger partial charge is 0.396 e. The van der Waals surface area contributed by atoms with Gasteiger partial charge in [0.05, 0.1) is 16.9 Å². The number of benzene rings is 1. The van der Waals surface area contributed by atoms with Crippen LogP contribution >= 0.6 is 0 Å². The Morgan fingerprint density at radius 2 is 1.80 bits per heavy atom. The summed E-state index contributed by atoms with van der Waals surface area (Å²) >= 11 is 0. The van der Waals surface area contributed by atoms with Gasteiger partial charge in [0.15, 0.2) is 0 Å². The molecule has 1 saturated heterocycles. The first-order valence-electron chi connectivity index (χ1n) is 7.57. The Hall–Kier alpha value is -1.73. The summed E-state index contributed by atoms with van der Waals surface area (Å²) in [5.74, 6) is 0. The highest BCUT2D eigenvalue weighted by atomic mass is 15.3. The van der Waals surface area contributed by atoms with Gasteiger partial charge in [0.1, 0.15) is 6.07 Å². The van der Waals surface area contributed by atoms with Gasteiger partial charge in [-0.05, 0) is 25.0 Å². The van der Waals surface area contributed by atoms with Crippen LogP contribution in [0.15, 0.2) is 18.2 Å². The number of piperazine rings is 1. The number of nitrogen functional groups attached to an aromatic ring is 1. The Balaban J connectivity index is 1.67. The first-order valence-corrected chi connectivity index (χ1v) is 7.57. The van der Waals surface area contributed by atoms with Gasteiger partial charge in [-0.2, -0.15) is 5.26 Å². The normalized spacial score (nSPS) is 21.1. The Bertz CT molecular complexity index is 506. The first kappa shape index (κ1) is 13.3. The van der Waals surface area contributed by atoms with Gasteiger partial charge in [-0.3, -0.25) is 4.90 Å². The molecule has 0 aromatic heterocycles. The summed E-state index contributed by atoms with van der Waals surface area (Å²) in [5.41, 5.74) is 8.34. The molecule has 4 heteroatoms. The lowest BCUT2D eigenvalue weighted by atomic mass is 10.1. The molecular weight excluding hydrogens is 248 g/mol. The van der Waals surface area contributed by atoms with Crippen molar-refractivity contribution in [2.24, 2.45) is 0 Å². The van der Waals surface area contributed by atoms with Crippen molar-refractivity contribution in [3.05, 3.63) is 23.8 Å². The molecule has 0 atom stereocenters. The molecule has 0 bridgehead atoms. The second kappa shape index (κ2) is 5.72. The van der Waals surface area contributed by atoms with Crippen LogP contribution in [0.3, 0.4) is 0 Å². The molecule has 0 radical (unpaired) electrons. The predicted octanol–water partition coefficient (Wildman–Crippen LogP) is 2.21. The predicted molar refractivity (Wildman–Crippen MR) is 81.6 cm³/mol. The van der Waals surface area contributed by atoms with E-state index in [1.54, 1.807) is 6.07 Å². The van der Waals surface area contributed by atoms with E-state index in [0.717, 1.165) is 37.9 Å². The molecule has 106 valence electrons. The summed E-state index contributed by atoms with van der Waals surface area (Å²) in [5, 5.41) is 9.07. The molecule has 2 aliphatic rings. The lowest BCUT2D eigenvalue weighted by molar-refractivity contribution is 0.187. The van der Waals surface area contributed by atoms with Crippen LogP contribution in [0.5, 0.6) is 0 Å². The Morgan fingerprint density at radius 1 is 1.10 bits per heavy atom. The minimum Gasteiger partial charge on any atom is -0.396 e. The zero-order chi connectivity index (χ0) is 13.9. The van der Waals surface area contributed by atoms with Gasteiger partial charge in [0.2, 0.25) is 0 Å². The number of para-hydroxylation sites is 1. The van der Waals surface area contributed by atoms with Gasteiger partial charge in [0.25, 0.3) is 0 Å². The quantitative estimate of drug-likeness (QED) is 0.837. The fraction of sp³-hybridized carbons (Fsp3) is 0.562. The molecule has 2 N–H and O–H groups in total. The molecule has 0 amide bonds. The molecule has 1 heterocycles. The monoisotopic (exact) mass is 270 g/mol. The first-order chi connectivity index (χ1) is 9.79. The third-order valence-electron chi connectivity index (χ3n) is 4.70. The van der Waals surface area contributed by atoms with Crippen LogP contribution in [0, 0.1) is 11.3 Å². The minimum absolute atomic E-state index is 0.584. The van der Waals surface area contributed by atoms with Crippen molar-refractivity contribution in [2.45, 2.75) is 31.7 Å². The Labute approximate surface area is 120 Å². The highest BCUT2D eigenvalue weighted by molar-refractivity contribution is 5.74. The number of hydrogen-bond acceptors (Lipinski definition) is 4. The Morgan fingerprint density at radius 3 is 2.45 bits per heavy atom. The summed E-state index contributed by atoms with van der Waals surface area (Å²) in [6.45, 7) is 4.24. The van der Waals surface area contributed by atoms with E-state index in [2.05, 4.69) is 15.9 Å². The molecular formula is C16H22N4. The molecule has 1 aliphatic heterocycles. The molecule has 0 spiro atoms. The molecule has 1 aromatic rings. The summed E-state index contributed by atoms with van der Waals surface area (Å²) in [7, 11) is 0. The summed E-state index contributed by atoms with van der Waals surface area (Å²) < 4.78 is 0. The van der Waals surface area contributed by atoms with Gasteiger partial charge in [0, 0.05) is 32.2 Å².